The lowest BCUT2D eigenvalue weighted by Crippen LogP contribution is -2.38. The number of carbonyl (C=O) groups is 1. The molecule has 1 heterocycles. The van der Waals surface area contributed by atoms with Crippen molar-refractivity contribution in [3.63, 3.8) is 0 Å². The number of hydrogen-bond acceptors (Lipinski definition) is 6. The van der Waals surface area contributed by atoms with Gasteiger partial charge in [0.05, 0.1) is 15.1 Å². The second kappa shape index (κ2) is 9.59. The van der Waals surface area contributed by atoms with E-state index in [1.807, 2.05) is 42.5 Å². The van der Waals surface area contributed by atoms with Crippen LogP contribution in [-0.2, 0) is 9.84 Å². The van der Waals surface area contributed by atoms with Gasteiger partial charge in [-0.25, -0.2) is 13.4 Å². The van der Waals surface area contributed by atoms with Gasteiger partial charge in [-0.3, -0.25) is 9.69 Å². The number of likely N-dealkylation sites (N-methyl/N-ethyl adjacent to an activating group) is 1. The third-order valence-electron chi connectivity index (χ3n) is 5.78. The van der Waals surface area contributed by atoms with E-state index in [4.69, 9.17) is 0 Å². The molecule has 0 radical (unpaired) electrons. The van der Waals surface area contributed by atoms with Crippen molar-refractivity contribution in [2.45, 2.75) is 18.7 Å². The Labute approximate surface area is 198 Å². The summed E-state index contributed by atoms with van der Waals surface area (Å²) in [6, 6.07) is 18.6. The summed E-state index contributed by atoms with van der Waals surface area (Å²) < 4.78 is 24.7. The van der Waals surface area contributed by atoms with Gasteiger partial charge in [-0.2, -0.15) is 0 Å². The smallest absolute Gasteiger partial charge is 0.260 e. The maximum Gasteiger partial charge on any atom is 0.260 e. The minimum absolute atomic E-state index is 0.115. The number of amides is 1. The molecule has 1 amide bonds. The quantitative estimate of drug-likeness (QED) is 0.360. The lowest BCUT2D eigenvalue weighted by Gasteiger charge is -2.24. The Hall–Kier alpha value is -2.81. The number of nitrogens with zero attached hydrogens (tertiary/aromatic N) is 3. The monoisotopic (exact) mass is 481 g/mol. The van der Waals surface area contributed by atoms with Crippen LogP contribution in [0.15, 0.2) is 65.6 Å². The summed E-state index contributed by atoms with van der Waals surface area (Å²) >= 11 is 1.34. The maximum atomic E-state index is 13.7. The van der Waals surface area contributed by atoms with Crippen molar-refractivity contribution in [2.24, 2.45) is 0 Å². The van der Waals surface area contributed by atoms with Crippen molar-refractivity contribution in [3.8, 4) is 0 Å². The molecule has 172 valence electrons. The Morgan fingerprint density at radius 1 is 0.939 bits per heavy atom. The molecule has 1 aromatic heterocycles. The predicted molar refractivity (Wildman–Crippen MR) is 136 cm³/mol. The van der Waals surface area contributed by atoms with Crippen molar-refractivity contribution in [3.05, 3.63) is 66.2 Å². The number of carbonyl (C=O) groups excluding carboxylic acids is 1. The Kier molecular flexibility index (Phi) is 6.78. The van der Waals surface area contributed by atoms with Crippen LogP contribution in [0.1, 0.15) is 24.2 Å². The summed E-state index contributed by atoms with van der Waals surface area (Å²) in [6.07, 6.45) is 1.19. The maximum absolute atomic E-state index is 13.7. The van der Waals surface area contributed by atoms with Crippen LogP contribution in [0.25, 0.3) is 21.0 Å². The highest BCUT2D eigenvalue weighted by molar-refractivity contribution is 7.90. The van der Waals surface area contributed by atoms with E-state index >= 15 is 0 Å². The highest BCUT2D eigenvalue weighted by Crippen LogP contribution is 2.32. The zero-order valence-electron chi connectivity index (χ0n) is 19.0. The molecular weight excluding hydrogens is 454 g/mol. The van der Waals surface area contributed by atoms with E-state index in [1.165, 1.54) is 17.6 Å². The molecule has 6 nitrogen and oxygen atoms in total. The molecule has 3 aromatic carbocycles. The second-order valence-electron chi connectivity index (χ2n) is 7.94. The largest absolute Gasteiger partial charge is 0.302 e. The van der Waals surface area contributed by atoms with Crippen LogP contribution in [0.5, 0.6) is 0 Å². The van der Waals surface area contributed by atoms with Gasteiger partial charge >= 0.3 is 0 Å². The molecule has 0 atom stereocenters. The number of hydrogen-bond donors (Lipinski definition) is 0. The predicted octanol–water partition coefficient (Wildman–Crippen LogP) is 4.84. The number of rotatable bonds is 8. The third kappa shape index (κ3) is 5.08. The molecule has 0 aliphatic carbocycles. The van der Waals surface area contributed by atoms with E-state index < -0.39 is 9.84 Å². The van der Waals surface area contributed by atoms with Gasteiger partial charge in [0.25, 0.3) is 5.91 Å². The zero-order chi connectivity index (χ0) is 23.6. The van der Waals surface area contributed by atoms with Gasteiger partial charge in [0.1, 0.15) is 0 Å². The molecule has 8 heteroatoms. The average Bonchev–Trinajstić information content (AvgIpc) is 3.23. The van der Waals surface area contributed by atoms with Crippen LogP contribution >= 0.6 is 11.3 Å². The molecule has 0 fully saturated rings. The highest BCUT2D eigenvalue weighted by Gasteiger charge is 2.23. The van der Waals surface area contributed by atoms with Crippen LogP contribution in [0.3, 0.4) is 0 Å². The van der Waals surface area contributed by atoms with Crippen LogP contribution in [0, 0.1) is 0 Å². The molecule has 0 N–H and O–H groups in total. The van der Waals surface area contributed by atoms with Crippen LogP contribution in [0.4, 0.5) is 5.13 Å². The first-order valence-corrected chi connectivity index (χ1v) is 13.6. The lowest BCUT2D eigenvalue weighted by molar-refractivity contribution is 0.0984. The van der Waals surface area contributed by atoms with Crippen molar-refractivity contribution >= 4 is 53.2 Å². The van der Waals surface area contributed by atoms with Crippen molar-refractivity contribution < 1.29 is 13.2 Å². The Morgan fingerprint density at radius 3 is 2.36 bits per heavy atom. The Bertz CT molecular complexity index is 1410. The Morgan fingerprint density at radius 2 is 1.67 bits per heavy atom. The summed E-state index contributed by atoms with van der Waals surface area (Å²) in [5.41, 5.74) is 1.28. The number of sulfone groups is 1. The number of benzene rings is 3. The fraction of sp³-hybridized carbons (Fsp3) is 0.280. The van der Waals surface area contributed by atoms with Crippen molar-refractivity contribution in [1.29, 1.82) is 0 Å². The van der Waals surface area contributed by atoms with Gasteiger partial charge in [-0.15, -0.1) is 0 Å². The first kappa shape index (κ1) is 23.4. The third-order valence-corrected chi connectivity index (χ3v) is 7.93. The first-order valence-electron chi connectivity index (χ1n) is 10.9. The standard InChI is InChI=1S/C25H27N3O3S2/c1-4-27(5-2)14-15-28(24(29)20-11-10-18-8-6-7-9-19(18)16-20)25-26-22-13-12-21(33(3,30)31)17-23(22)32-25/h6-13,16-17H,4-5,14-15H2,1-3H3. The van der Waals surface area contributed by atoms with E-state index in [0.29, 0.717) is 22.8 Å². The molecular formula is C25H27N3O3S2. The van der Waals surface area contributed by atoms with Crippen LogP contribution < -0.4 is 4.90 Å². The topological polar surface area (TPSA) is 70.6 Å². The highest BCUT2D eigenvalue weighted by atomic mass is 32.2. The molecule has 0 spiro atoms. The lowest BCUT2D eigenvalue weighted by atomic mass is 10.1. The van der Waals surface area contributed by atoms with E-state index in [9.17, 15) is 13.2 Å². The molecule has 0 aliphatic heterocycles. The van der Waals surface area contributed by atoms with Crippen molar-refractivity contribution in [2.75, 3.05) is 37.3 Å². The van der Waals surface area contributed by atoms with Gasteiger partial charge in [0, 0.05) is 24.9 Å². The fourth-order valence-electron chi connectivity index (χ4n) is 3.78. The molecule has 4 rings (SSSR count). The van der Waals surface area contributed by atoms with Gasteiger partial charge in [0.15, 0.2) is 15.0 Å². The molecule has 0 saturated carbocycles. The summed E-state index contributed by atoms with van der Waals surface area (Å²) in [5, 5.41) is 2.66. The van der Waals surface area contributed by atoms with E-state index in [2.05, 4.69) is 23.7 Å². The summed E-state index contributed by atoms with van der Waals surface area (Å²) in [7, 11) is -3.32. The van der Waals surface area contributed by atoms with E-state index in [0.717, 1.165) is 35.1 Å². The normalized spacial score (nSPS) is 12.0. The minimum Gasteiger partial charge on any atom is -0.302 e. The minimum atomic E-state index is -3.32. The molecule has 0 aliphatic rings. The molecule has 0 unspecified atom stereocenters. The molecule has 33 heavy (non-hydrogen) atoms. The van der Waals surface area contributed by atoms with Crippen LogP contribution in [-0.4, -0.2) is 56.6 Å². The number of aromatic nitrogens is 1. The number of fused-ring (bicyclic) bond motifs is 2. The average molecular weight is 482 g/mol. The SMILES string of the molecule is CCN(CC)CCN(C(=O)c1ccc2ccccc2c1)c1nc2ccc(S(C)(=O)=O)cc2s1. The van der Waals surface area contributed by atoms with Gasteiger partial charge in [-0.05, 0) is 54.2 Å². The van der Waals surface area contributed by atoms with Gasteiger partial charge in [-0.1, -0.05) is 55.5 Å². The molecule has 0 saturated heterocycles. The zero-order valence-corrected chi connectivity index (χ0v) is 20.6. The van der Waals surface area contributed by atoms with Crippen LogP contribution in [0.2, 0.25) is 0 Å². The van der Waals surface area contributed by atoms with E-state index in [1.54, 1.807) is 23.1 Å². The molecule has 4 aromatic rings. The first-order chi connectivity index (χ1) is 15.8. The second-order valence-corrected chi connectivity index (χ2v) is 11.0. The number of anilines is 1. The summed E-state index contributed by atoms with van der Waals surface area (Å²) in [6.45, 7) is 7.20. The number of thiazole rings is 1. The van der Waals surface area contributed by atoms with E-state index in [-0.39, 0.29) is 10.8 Å². The fourth-order valence-corrected chi connectivity index (χ4v) is 5.53. The van der Waals surface area contributed by atoms with Crippen molar-refractivity contribution in [1.82, 2.24) is 9.88 Å². The summed E-state index contributed by atoms with van der Waals surface area (Å²) in [5.74, 6) is -0.115. The Balaban J connectivity index is 1.74. The van der Waals surface area contributed by atoms with Gasteiger partial charge in [0.2, 0.25) is 0 Å². The summed E-state index contributed by atoms with van der Waals surface area (Å²) in [4.78, 5) is 22.6. The van der Waals surface area contributed by atoms with Gasteiger partial charge < -0.3 is 4.90 Å². The molecule has 0 bridgehead atoms.